The predicted molar refractivity (Wildman–Crippen MR) is 158 cm³/mol. The first-order chi connectivity index (χ1) is 19.9. The van der Waals surface area contributed by atoms with Gasteiger partial charge in [0.25, 0.3) is 11.2 Å². The first kappa shape index (κ1) is 28.5. The largest absolute Gasteiger partial charge is 0.550 e. The van der Waals surface area contributed by atoms with Gasteiger partial charge in [-0.3, -0.25) is 24.3 Å². The second-order valence-corrected chi connectivity index (χ2v) is 12.7. The molecule has 1 aromatic carbocycles. The van der Waals surface area contributed by atoms with E-state index in [-0.39, 0.29) is 34.5 Å². The summed E-state index contributed by atoms with van der Waals surface area (Å²) < 4.78 is 14.2. The second-order valence-electron chi connectivity index (χ2n) is 12.3. The Hall–Kier alpha value is -3.64. The SMILES string of the molecule is C=CC[C@H](NC(=O)[C@@H]1CCc2c(Cl)nc(NCc3cccc([N+](=O)[O-])c3)c(=O)n21)B1OC2=CC3CC(C2(C)O1)C3(C)C. The highest BCUT2D eigenvalue weighted by atomic mass is 35.5. The van der Waals surface area contributed by atoms with Gasteiger partial charge in [-0.15, -0.1) is 6.58 Å². The number of hydrogen-bond acceptors (Lipinski definition) is 8. The summed E-state index contributed by atoms with van der Waals surface area (Å²) in [6.07, 6.45) is 6.15. The number of nitrogens with zero attached hydrogens (tertiary/aromatic N) is 3. The number of anilines is 1. The summed E-state index contributed by atoms with van der Waals surface area (Å²) >= 11 is 6.46. The van der Waals surface area contributed by atoms with Crippen molar-refractivity contribution >= 4 is 36.1 Å². The summed E-state index contributed by atoms with van der Waals surface area (Å²) in [7, 11) is -0.691. The van der Waals surface area contributed by atoms with Crippen molar-refractivity contribution in [3.8, 4) is 0 Å². The molecule has 2 fully saturated rings. The number of halogens is 1. The number of hydrogen-bond donors (Lipinski definition) is 2. The molecule has 3 aliphatic carbocycles. The van der Waals surface area contributed by atoms with Crippen molar-refractivity contribution < 1.29 is 19.0 Å². The fraction of sp³-hybridized carbons (Fsp3) is 0.483. The molecule has 2 N–H and O–H groups in total. The van der Waals surface area contributed by atoms with Crippen LogP contribution >= 0.6 is 11.6 Å². The molecule has 1 amide bonds. The molecule has 5 atom stereocenters. The van der Waals surface area contributed by atoms with Gasteiger partial charge in [-0.1, -0.05) is 43.7 Å². The number of allylic oxidation sites excluding steroid dienone is 1. The van der Waals surface area contributed by atoms with Crippen molar-refractivity contribution in [2.24, 2.45) is 17.3 Å². The van der Waals surface area contributed by atoms with E-state index in [0.29, 0.717) is 42.4 Å². The summed E-state index contributed by atoms with van der Waals surface area (Å²) in [6, 6.07) is 5.27. The topological polar surface area (TPSA) is 138 Å². The standard InChI is InChI=1S/C29H33BClN5O6/c1-5-7-23(30-41-22-14-17-13-21(28(17,2)3)29(22,4)42-30)33-26(37)20-11-10-19-24(31)34-25(27(38)35(19)20)32-15-16-8-6-9-18(12-16)36(39)40/h5-6,8-9,12,14,17,20-21,23H,1,7,10-11,13,15H2,2-4H3,(H,32,34)(H,33,37)/t17?,20-,21?,23-,29?/m0/s1. The van der Waals surface area contributed by atoms with Crippen LogP contribution in [0.5, 0.6) is 0 Å². The number of nitrogens with one attached hydrogen (secondary N) is 2. The molecule has 0 spiro atoms. The molecule has 3 heterocycles. The number of benzene rings is 1. The number of aromatic nitrogens is 2. The molecule has 11 nitrogen and oxygen atoms in total. The minimum absolute atomic E-state index is 0.0365. The number of non-ortho nitro benzene ring substituents is 1. The first-order valence-electron chi connectivity index (χ1n) is 14.2. The summed E-state index contributed by atoms with van der Waals surface area (Å²) in [6.45, 7) is 10.6. The van der Waals surface area contributed by atoms with Gasteiger partial charge in [-0.05, 0) is 61.5 Å². The van der Waals surface area contributed by atoms with E-state index in [1.54, 1.807) is 18.2 Å². The average molecular weight is 594 g/mol. The second kappa shape index (κ2) is 10.3. The number of carbonyl (C=O) groups excluding carboxylic acids is 1. The van der Waals surface area contributed by atoms with E-state index in [2.05, 4.69) is 49.0 Å². The van der Waals surface area contributed by atoms with Gasteiger partial charge >= 0.3 is 7.12 Å². The van der Waals surface area contributed by atoms with Gasteiger partial charge in [0.05, 0.1) is 16.6 Å². The van der Waals surface area contributed by atoms with Crippen LogP contribution in [0, 0.1) is 27.4 Å². The minimum atomic E-state index is -0.802. The van der Waals surface area contributed by atoms with Crippen molar-refractivity contribution in [2.45, 2.75) is 70.6 Å². The third-order valence-electron chi connectivity index (χ3n) is 9.54. The lowest BCUT2D eigenvalue weighted by Crippen LogP contribution is -2.59. The zero-order valence-electron chi connectivity index (χ0n) is 23.8. The zero-order chi connectivity index (χ0) is 30.0. The lowest BCUT2D eigenvalue weighted by atomic mass is 9.46. The third kappa shape index (κ3) is 4.52. The molecule has 1 aromatic heterocycles. The number of nitro benzene ring substituents is 1. The van der Waals surface area contributed by atoms with Crippen LogP contribution in [0.1, 0.15) is 57.3 Å². The lowest BCUT2D eigenvalue weighted by molar-refractivity contribution is -0.384. The van der Waals surface area contributed by atoms with Gasteiger partial charge in [0.15, 0.2) is 11.0 Å². The molecule has 1 saturated carbocycles. The maximum atomic E-state index is 13.7. The molecular weight excluding hydrogens is 561 g/mol. The highest BCUT2D eigenvalue weighted by molar-refractivity contribution is 6.48. The minimum Gasteiger partial charge on any atom is -0.536 e. The maximum absolute atomic E-state index is 13.7. The smallest absolute Gasteiger partial charge is 0.536 e. The number of nitro groups is 1. The van der Waals surface area contributed by atoms with Crippen molar-refractivity contribution in [3.63, 3.8) is 0 Å². The summed E-state index contributed by atoms with van der Waals surface area (Å²) in [5, 5.41) is 17.2. The van der Waals surface area contributed by atoms with Crippen LogP contribution in [0.15, 0.2) is 53.6 Å². The Labute approximate surface area is 248 Å². The van der Waals surface area contributed by atoms with Crippen LogP contribution in [0.4, 0.5) is 11.5 Å². The summed E-state index contributed by atoms with van der Waals surface area (Å²) in [5.74, 6) is 0.702. The van der Waals surface area contributed by atoms with E-state index in [9.17, 15) is 19.7 Å². The van der Waals surface area contributed by atoms with Crippen LogP contribution in [-0.4, -0.2) is 39.0 Å². The molecule has 220 valence electrons. The normalized spacial score (nSPS) is 27.1. The molecule has 2 aromatic rings. The number of rotatable bonds is 9. The fourth-order valence-corrected chi connectivity index (χ4v) is 7.35. The Balaban J connectivity index is 1.20. The Morgan fingerprint density at radius 2 is 2.19 bits per heavy atom. The zero-order valence-corrected chi connectivity index (χ0v) is 24.5. The summed E-state index contributed by atoms with van der Waals surface area (Å²) in [5.41, 5.74) is 0.103. The molecule has 42 heavy (non-hydrogen) atoms. The Morgan fingerprint density at radius 1 is 1.40 bits per heavy atom. The molecule has 1 saturated heterocycles. The molecule has 7 rings (SSSR count). The van der Waals surface area contributed by atoms with Crippen LogP contribution in [0.3, 0.4) is 0 Å². The van der Waals surface area contributed by atoms with E-state index in [1.165, 1.54) is 16.7 Å². The van der Waals surface area contributed by atoms with Gasteiger partial charge in [-0.2, -0.15) is 0 Å². The number of amides is 1. The first-order valence-corrected chi connectivity index (χ1v) is 14.6. The van der Waals surface area contributed by atoms with E-state index >= 15 is 0 Å². The van der Waals surface area contributed by atoms with Crippen molar-refractivity contribution in [1.29, 1.82) is 0 Å². The lowest BCUT2D eigenvalue weighted by Gasteiger charge is -2.60. The van der Waals surface area contributed by atoms with Gasteiger partial charge in [0, 0.05) is 18.7 Å². The Bertz CT molecular complexity index is 1580. The van der Waals surface area contributed by atoms with Gasteiger partial charge < -0.3 is 19.9 Å². The predicted octanol–water partition coefficient (Wildman–Crippen LogP) is 4.36. The van der Waals surface area contributed by atoms with Crippen LogP contribution in [0.25, 0.3) is 0 Å². The van der Waals surface area contributed by atoms with E-state index in [4.69, 9.17) is 20.9 Å². The Morgan fingerprint density at radius 3 is 2.90 bits per heavy atom. The monoisotopic (exact) mass is 593 g/mol. The van der Waals surface area contributed by atoms with Gasteiger partial charge in [0.1, 0.15) is 17.4 Å². The van der Waals surface area contributed by atoms with Crippen LogP contribution in [-0.2, 0) is 27.1 Å². The quantitative estimate of drug-likeness (QED) is 0.189. The third-order valence-corrected chi connectivity index (χ3v) is 9.84. The van der Waals surface area contributed by atoms with Crippen LogP contribution in [0.2, 0.25) is 5.15 Å². The van der Waals surface area contributed by atoms with Crippen LogP contribution < -0.4 is 16.2 Å². The maximum Gasteiger partial charge on any atom is 0.550 e. The number of carbonyl (C=O) groups is 1. The van der Waals surface area contributed by atoms with E-state index in [1.807, 2.05) is 0 Å². The summed E-state index contributed by atoms with van der Waals surface area (Å²) in [4.78, 5) is 42.1. The van der Waals surface area contributed by atoms with Crippen molar-refractivity contribution in [2.75, 3.05) is 5.32 Å². The average Bonchev–Trinajstić information content (AvgIpc) is 3.56. The molecule has 3 unspecified atom stereocenters. The van der Waals surface area contributed by atoms with E-state index in [0.717, 1.165) is 12.2 Å². The van der Waals surface area contributed by atoms with Crippen molar-refractivity contribution in [3.05, 3.63) is 85.6 Å². The van der Waals surface area contributed by atoms with Crippen molar-refractivity contribution in [1.82, 2.24) is 14.9 Å². The molecule has 13 heteroatoms. The molecule has 0 radical (unpaired) electrons. The highest BCUT2D eigenvalue weighted by Gasteiger charge is 2.66. The Kier molecular flexibility index (Phi) is 6.96. The molecular formula is C29H33BClN5O6. The molecule has 2 bridgehead atoms. The molecule has 2 aliphatic heterocycles. The molecule has 5 aliphatic rings. The number of fused-ring (bicyclic) bond motifs is 1. The fourth-order valence-electron chi connectivity index (χ4n) is 7.08. The van der Waals surface area contributed by atoms with Gasteiger partial charge in [0.2, 0.25) is 5.91 Å². The van der Waals surface area contributed by atoms with Gasteiger partial charge in [-0.25, -0.2) is 4.98 Å². The van der Waals surface area contributed by atoms with E-state index < -0.39 is 35.2 Å². The highest BCUT2D eigenvalue weighted by Crippen LogP contribution is 2.64.